The molecule has 0 fully saturated rings. The van der Waals surface area contributed by atoms with Crippen LogP contribution in [-0.4, -0.2) is 36.5 Å². The monoisotopic (exact) mass is 387 g/mol. The van der Waals surface area contributed by atoms with Gasteiger partial charge in [0, 0.05) is 12.1 Å². The van der Waals surface area contributed by atoms with E-state index in [4.69, 9.17) is 11.6 Å². The van der Waals surface area contributed by atoms with Crippen LogP contribution < -0.4 is 5.32 Å². The number of hydrogen-bond donors (Lipinski definition) is 2. The summed E-state index contributed by atoms with van der Waals surface area (Å²) in [4.78, 5) is 24.0. The first-order valence-corrected chi connectivity index (χ1v) is 8.51. The SMILES string of the molecule is Cc1nn(Cc2ccccc2Cl)c(C)c1NC(=O)c1cnn(C)c1C(=O)O. The van der Waals surface area contributed by atoms with Crippen LogP contribution in [0.1, 0.15) is 37.8 Å². The Morgan fingerprint density at radius 1 is 1.26 bits per heavy atom. The molecule has 0 bridgehead atoms. The van der Waals surface area contributed by atoms with Crippen LogP contribution in [0, 0.1) is 13.8 Å². The molecule has 8 nitrogen and oxygen atoms in total. The van der Waals surface area contributed by atoms with Crippen molar-refractivity contribution in [1.82, 2.24) is 19.6 Å². The molecule has 3 aromatic rings. The number of aromatic nitrogens is 4. The zero-order chi connectivity index (χ0) is 19.7. The van der Waals surface area contributed by atoms with Gasteiger partial charge in [-0.15, -0.1) is 0 Å². The maximum absolute atomic E-state index is 12.6. The highest BCUT2D eigenvalue weighted by molar-refractivity contribution is 6.31. The third-order valence-corrected chi connectivity index (χ3v) is 4.65. The summed E-state index contributed by atoms with van der Waals surface area (Å²) < 4.78 is 2.89. The second-order valence-corrected chi connectivity index (χ2v) is 6.49. The summed E-state index contributed by atoms with van der Waals surface area (Å²) in [6.45, 7) is 4.05. The second-order valence-electron chi connectivity index (χ2n) is 6.08. The van der Waals surface area contributed by atoms with Gasteiger partial charge in [-0.3, -0.25) is 14.2 Å². The molecular weight excluding hydrogens is 370 g/mol. The van der Waals surface area contributed by atoms with Gasteiger partial charge in [-0.05, 0) is 25.5 Å². The van der Waals surface area contributed by atoms with Crippen LogP contribution in [0.2, 0.25) is 5.02 Å². The van der Waals surface area contributed by atoms with E-state index in [1.165, 1.54) is 13.2 Å². The Kier molecular flexibility index (Phi) is 5.00. The molecule has 0 atom stereocenters. The molecule has 0 spiro atoms. The molecule has 0 aliphatic rings. The third kappa shape index (κ3) is 3.56. The highest BCUT2D eigenvalue weighted by atomic mass is 35.5. The molecule has 0 aliphatic heterocycles. The van der Waals surface area contributed by atoms with Crippen molar-refractivity contribution < 1.29 is 14.7 Å². The number of aromatic carboxylic acids is 1. The van der Waals surface area contributed by atoms with Gasteiger partial charge in [-0.2, -0.15) is 10.2 Å². The van der Waals surface area contributed by atoms with Crippen LogP contribution in [0.25, 0.3) is 0 Å². The van der Waals surface area contributed by atoms with Gasteiger partial charge in [0.1, 0.15) is 0 Å². The summed E-state index contributed by atoms with van der Waals surface area (Å²) in [7, 11) is 1.47. The van der Waals surface area contributed by atoms with Crippen molar-refractivity contribution in [2.24, 2.45) is 7.05 Å². The van der Waals surface area contributed by atoms with Crippen molar-refractivity contribution >= 4 is 29.2 Å². The quantitative estimate of drug-likeness (QED) is 0.700. The lowest BCUT2D eigenvalue weighted by Gasteiger charge is -2.08. The zero-order valence-corrected chi connectivity index (χ0v) is 15.8. The number of aryl methyl sites for hydroxylation is 2. The Labute approximate surface area is 160 Å². The van der Waals surface area contributed by atoms with E-state index >= 15 is 0 Å². The van der Waals surface area contributed by atoms with Gasteiger partial charge < -0.3 is 10.4 Å². The number of carboxylic acids is 1. The van der Waals surface area contributed by atoms with Crippen molar-refractivity contribution in [3.63, 3.8) is 0 Å². The molecule has 0 aliphatic carbocycles. The summed E-state index contributed by atoms with van der Waals surface area (Å²) >= 11 is 6.21. The summed E-state index contributed by atoms with van der Waals surface area (Å²) in [5.74, 6) is -1.77. The number of rotatable bonds is 5. The number of anilines is 1. The normalized spacial score (nSPS) is 10.8. The number of carboxylic acid groups (broad SMARTS) is 1. The Bertz CT molecular complexity index is 1040. The largest absolute Gasteiger partial charge is 0.477 e. The number of amides is 1. The molecule has 140 valence electrons. The molecule has 1 aromatic carbocycles. The lowest BCUT2D eigenvalue weighted by atomic mass is 10.2. The minimum Gasteiger partial charge on any atom is -0.477 e. The first-order chi connectivity index (χ1) is 12.8. The van der Waals surface area contributed by atoms with E-state index in [-0.39, 0.29) is 11.3 Å². The molecule has 2 heterocycles. The van der Waals surface area contributed by atoms with Crippen LogP contribution >= 0.6 is 11.6 Å². The molecule has 0 radical (unpaired) electrons. The molecule has 2 aromatic heterocycles. The number of nitrogens with one attached hydrogen (secondary N) is 1. The van der Waals surface area contributed by atoms with Gasteiger partial charge in [-0.1, -0.05) is 29.8 Å². The number of benzene rings is 1. The number of halogens is 1. The van der Waals surface area contributed by atoms with Crippen molar-refractivity contribution in [1.29, 1.82) is 0 Å². The van der Waals surface area contributed by atoms with Crippen molar-refractivity contribution in [3.05, 3.63) is 63.7 Å². The fourth-order valence-corrected chi connectivity index (χ4v) is 3.05. The van der Waals surface area contributed by atoms with Crippen molar-refractivity contribution in [2.75, 3.05) is 5.32 Å². The summed E-state index contributed by atoms with van der Waals surface area (Å²) in [6.07, 6.45) is 1.23. The van der Waals surface area contributed by atoms with Gasteiger partial charge in [0.2, 0.25) is 0 Å². The van der Waals surface area contributed by atoms with E-state index < -0.39 is 11.9 Å². The van der Waals surface area contributed by atoms with Gasteiger partial charge >= 0.3 is 5.97 Å². The first-order valence-electron chi connectivity index (χ1n) is 8.13. The van der Waals surface area contributed by atoms with E-state index in [1.54, 1.807) is 17.7 Å². The van der Waals surface area contributed by atoms with Gasteiger partial charge in [-0.25, -0.2) is 4.79 Å². The number of carbonyl (C=O) groups excluding carboxylic acids is 1. The zero-order valence-electron chi connectivity index (χ0n) is 15.0. The number of carbonyl (C=O) groups is 2. The van der Waals surface area contributed by atoms with E-state index in [2.05, 4.69) is 15.5 Å². The average molecular weight is 388 g/mol. The predicted octanol–water partition coefficient (Wildman–Crippen LogP) is 2.89. The van der Waals surface area contributed by atoms with E-state index in [0.717, 1.165) is 15.9 Å². The Morgan fingerprint density at radius 2 is 1.96 bits per heavy atom. The smallest absolute Gasteiger partial charge is 0.354 e. The molecule has 3 rings (SSSR count). The number of hydrogen-bond acceptors (Lipinski definition) is 4. The van der Waals surface area contributed by atoms with Crippen LogP contribution in [-0.2, 0) is 13.6 Å². The van der Waals surface area contributed by atoms with Gasteiger partial charge in [0.25, 0.3) is 5.91 Å². The summed E-state index contributed by atoms with van der Waals surface area (Å²) in [5, 5.41) is 21.0. The molecule has 2 N–H and O–H groups in total. The highest BCUT2D eigenvalue weighted by Crippen LogP contribution is 2.23. The standard InChI is InChI=1S/C18H18ClN5O3/c1-10-15(21-17(25)13-8-20-23(3)16(13)18(26)27)11(2)24(22-10)9-12-6-4-5-7-14(12)19/h4-8H,9H2,1-3H3,(H,21,25)(H,26,27). The summed E-state index contributed by atoms with van der Waals surface area (Å²) in [5.41, 5.74) is 2.61. The molecule has 27 heavy (non-hydrogen) atoms. The molecule has 1 amide bonds. The molecule has 0 saturated heterocycles. The molecule has 0 saturated carbocycles. The molecule has 9 heteroatoms. The van der Waals surface area contributed by atoms with Crippen LogP contribution in [0.4, 0.5) is 5.69 Å². The topological polar surface area (TPSA) is 102 Å². The molecule has 0 unspecified atom stereocenters. The Balaban J connectivity index is 1.88. The van der Waals surface area contributed by atoms with Crippen molar-refractivity contribution in [3.8, 4) is 0 Å². The van der Waals surface area contributed by atoms with E-state index in [1.807, 2.05) is 25.1 Å². The highest BCUT2D eigenvalue weighted by Gasteiger charge is 2.23. The number of nitrogens with zero attached hydrogens (tertiary/aromatic N) is 4. The fourth-order valence-electron chi connectivity index (χ4n) is 2.86. The maximum Gasteiger partial charge on any atom is 0.354 e. The fraction of sp³-hybridized carbons (Fsp3) is 0.222. The lowest BCUT2D eigenvalue weighted by Crippen LogP contribution is -2.18. The average Bonchev–Trinajstić information content (AvgIpc) is 3.12. The van der Waals surface area contributed by atoms with Crippen LogP contribution in [0.15, 0.2) is 30.5 Å². The lowest BCUT2D eigenvalue weighted by molar-refractivity contribution is 0.0680. The minimum atomic E-state index is -1.22. The Morgan fingerprint density at radius 3 is 2.63 bits per heavy atom. The molecular formula is C18H18ClN5O3. The summed E-state index contributed by atoms with van der Waals surface area (Å²) in [6, 6.07) is 7.46. The minimum absolute atomic E-state index is 0.0114. The van der Waals surface area contributed by atoms with Crippen LogP contribution in [0.3, 0.4) is 0 Å². The van der Waals surface area contributed by atoms with Crippen molar-refractivity contribution in [2.45, 2.75) is 20.4 Å². The predicted molar refractivity (Wildman–Crippen MR) is 100 cm³/mol. The van der Waals surface area contributed by atoms with E-state index in [9.17, 15) is 14.7 Å². The third-order valence-electron chi connectivity index (χ3n) is 4.28. The first kappa shape index (κ1) is 18.7. The maximum atomic E-state index is 12.6. The van der Waals surface area contributed by atoms with Gasteiger partial charge in [0.05, 0.1) is 35.4 Å². The Hall–Kier alpha value is -3.13. The second kappa shape index (κ2) is 7.24. The van der Waals surface area contributed by atoms with Gasteiger partial charge in [0.15, 0.2) is 5.69 Å². The van der Waals surface area contributed by atoms with E-state index in [0.29, 0.717) is 22.9 Å². The van der Waals surface area contributed by atoms with Crippen LogP contribution in [0.5, 0.6) is 0 Å².